The highest BCUT2D eigenvalue weighted by Crippen LogP contribution is 2.28. The van der Waals surface area contributed by atoms with Gasteiger partial charge in [0.1, 0.15) is 5.75 Å². The molecule has 1 saturated heterocycles. The fraction of sp³-hybridized carbons (Fsp3) is 0.571. The Morgan fingerprint density at radius 3 is 2.94 bits per heavy atom. The molecule has 18 heavy (non-hydrogen) atoms. The van der Waals surface area contributed by atoms with Crippen LogP contribution in [0.1, 0.15) is 31.7 Å². The number of benzene rings is 1. The zero-order valence-corrected chi connectivity index (χ0v) is 11.5. The van der Waals surface area contributed by atoms with Gasteiger partial charge in [0.2, 0.25) is 0 Å². The highest BCUT2D eigenvalue weighted by molar-refractivity contribution is 6.30. The van der Waals surface area contributed by atoms with Crippen LogP contribution in [0.2, 0.25) is 5.02 Å². The lowest BCUT2D eigenvalue weighted by Crippen LogP contribution is -2.48. The molecule has 3 N–H and O–H groups in total. The van der Waals surface area contributed by atoms with Gasteiger partial charge in [-0.05, 0) is 38.0 Å². The molecule has 0 aliphatic carbocycles. The SMILES string of the molecule is CC1CCCC(CN)N1Cc1cc(Cl)ccc1O. The number of piperidine rings is 1. The molecule has 2 unspecified atom stereocenters. The normalized spacial score (nSPS) is 25.3. The highest BCUT2D eigenvalue weighted by atomic mass is 35.5. The van der Waals surface area contributed by atoms with Crippen molar-refractivity contribution in [1.29, 1.82) is 0 Å². The number of hydrogen-bond acceptors (Lipinski definition) is 3. The summed E-state index contributed by atoms with van der Waals surface area (Å²) in [6, 6.07) is 6.12. The van der Waals surface area contributed by atoms with Gasteiger partial charge in [-0.2, -0.15) is 0 Å². The van der Waals surface area contributed by atoms with Gasteiger partial charge in [0.05, 0.1) is 0 Å². The van der Waals surface area contributed by atoms with Crippen molar-refractivity contribution in [2.75, 3.05) is 6.54 Å². The van der Waals surface area contributed by atoms with Crippen molar-refractivity contribution < 1.29 is 5.11 Å². The van der Waals surface area contributed by atoms with Crippen molar-refractivity contribution in [3.05, 3.63) is 28.8 Å². The van der Waals surface area contributed by atoms with Crippen molar-refractivity contribution >= 4 is 11.6 Å². The number of halogens is 1. The fourth-order valence-corrected chi connectivity index (χ4v) is 2.95. The van der Waals surface area contributed by atoms with E-state index < -0.39 is 0 Å². The molecule has 3 nitrogen and oxygen atoms in total. The van der Waals surface area contributed by atoms with Gasteiger partial charge in [-0.25, -0.2) is 0 Å². The van der Waals surface area contributed by atoms with E-state index in [0.717, 1.165) is 18.5 Å². The number of rotatable bonds is 3. The summed E-state index contributed by atoms with van der Waals surface area (Å²) in [5.74, 6) is 0.313. The largest absolute Gasteiger partial charge is 0.508 e. The lowest BCUT2D eigenvalue weighted by atomic mass is 9.95. The molecule has 0 spiro atoms. The molecule has 0 radical (unpaired) electrons. The van der Waals surface area contributed by atoms with Gasteiger partial charge in [-0.1, -0.05) is 18.0 Å². The van der Waals surface area contributed by atoms with Crippen LogP contribution in [-0.4, -0.2) is 28.6 Å². The highest BCUT2D eigenvalue weighted by Gasteiger charge is 2.27. The Balaban J connectivity index is 2.17. The van der Waals surface area contributed by atoms with Gasteiger partial charge in [0, 0.05) is 35.8 Å². The van der Waals surface area contributed by atoms with Crippen molar-refractivity contribution in [3.8, 4) is 5.75 Å². The number of hydrogen-bond donors (Lipinski definition) is 2. The van der Waals surface area contributed by atoms with Crippen LogP contribution in [-0.2, 0) is 6.54 Å². The average Bonchev–Trinajstić information content (AvgIpc) is 2.36. The maximum absolute atomic E-state index is 9.89. The minimum atomic E-state index is 0.313. The van der Waals surface area contributed by atoms with Crippen LogP contribution in [0.15, 0.2) is 18.2 Å². The third kappa shape index (κ3) is 2.97. The third-order valence-corrected chi connectivity index (χ3v) is 4.10. The van der Waals surface area contributed by atoms with Gasteiger partial charge in [-0.3, -0.25) is 4.90 Å². The Labute approximate surface area is 114 Å². The molecule has 2 atom stereocenters. The first-order valence-corrected chi connectivity index (χ1v) is 6.93. The minimum Gasteiger partial charge on any atom is -0.508 e. The van der Waals surface area contributed by atoms with Crippen molar-refractivity contribution in [3.63, 3.8) is 0 Å². The number of aromatic hydroxyl groups is 1. The Kier molecular flexibility index (Phi) is 4.49. The number of likely N-dealkylation sites (tertiary alicyclic amines) is 1. The summed E-state index contributed by atoms with van der Waals surface area (Å²) in [5.41, 5.74) is 6.73. The first-order chi connectivity index (χ1) is 8.61. The van der Waals surface area contributed by atoms with Crippen LogP contribution in [0.5, 0.6) is 5.75 Å². The van der Waals surface area contributed by atoms with E-state index in [4.69, 9.17) is 17.3 Å². The molecular formula is C14H21ClN2O. The van der Waals surface area contributed by atoms with Gasteiger partial charge >= 0.3 is 0 Å². The molecule has 1 aromatic rings. The molecule has 2 rings (SSSR count). The van der Waals surface area contributed by atoms with E-state index in [1.54, 1.807) is 12.1 Å². The molecule has 1 aliphatic heterocycles. The maximum Gasteiger partial charge on any atom is 0.120 e. The Hall–Kier alpha value is -0.770. The molecule has 1 fully saturated rings. The summed E-state index contributed by atoms with van der Waals surface area (Å²) in [7, 11) is 0. The molecule has 4 heteroatoms. The van der Waals surface area contributed by atoms with Gasteiger partial charge in [0.15, 0.2) is 0 Å². The molecule has 1 aliphatic rings. The van der Waals surface area contributed by atoms with Crippen LogP contribution in [0.3, 0.4) is 0 Å². The van der Waals surface area contributed by atoms with Crippen molar-refractivity contribution in [1.82, 2.24) is 4.90 Å². The number of nitrogens with two attached hydrogens (primary N) is 1. The first kappa shape index (κ1) is 13.7. The summed E-state index contributed by atoms with van der Waals surface area (Å²) in [5, 5.41) is 10.6. The summed E-state index contributed by atoms with van der Waals surface area (Å²) in [6.45, 7) is 3.62. The number of phenolic OH excluding ortho intramolecular Hbond substituents is 1. The topological polar surface area (TPSA) is 49.5 Å². The zero-order valence-electron chi connectivity index (χ0n) is 10.8. The Morgan fingerprint density at radius 1 is 1.44 bits per heavy atom. The summed E-state index contributed by atoms with van der Waals surface area (Å²) in [4.78, 5) is 2.38. The van der Waals surface area contributed by atoms with Gasteiger partial charge in [0.25, 0.3) is 0 Å². The summed E-state index contributed by atoms with van der Waals surface area (Å²) >= 11 is 5.99. The molecule has 1 aromatic carbocycles. The number of nitrogens with zero attached hydrogens (tertiary/aromatic N) is 1. The lowest BCUT2D eigenvalue weighted by Gasteiger charge is -2.40. The van der Waals surface area contributed by atoms with Crippen molar-refractivity contribution in [2.45, 2.75) is 44.8 Å². The van der Waals surface area contributed by atoms with E-state index >= 15 is 0 Å². The van der Waals surface area contributed by atoms with E-state index in [9.17, 15) is 5.11 Å². The van der Waals surface area contributed by atoms with Crippen LogP contribution in [0.4, 0.5) is 0 Å². The second kappa shape index (κ2) is 5.91. The molecule has 100 valence electrons. The molecule has 0 bridgehead atoms. The quantitative estimate of drug-likeness (QED) is 0.886. The van der Waals surface area contributed by atoms with Gasteiger partial charge < -0.3 is 10.8 Å². The average molecular weight is 269 g/mol. The van der Waals surface area contributed by atoms with E-state index in [-0.39, 0.29) is 0 Å². The summed E-state index contributed by atoms with van der Waals surface area (Å²) < 4.78 is 0. The van der Waals surface area contributed by atoms with Crippen LogP contribution in [0, 0.1) is 0 Å². The van der Waals surface area contributed by atoms with E-state index in [0.29, 0.717) is 29.4 Å². The molecule has 1 heterocycles. The Morgan fingerprint density at radius 2 is 2.22 bits per heavy atom. The smallest absolute Gasteiger partial charge is 0.120 e. The molecule has 0 saturated carbocycles. The standard InChI is InChI=1S/C14H21ClN2O/c1-10-3-2-4-13(8-16)17(10)9-11-7-12(15)5-6-14(11)18/h5-7,10,13,18H,2-4,8-9,16H2,1H3. The van der Waals surface area contributed by atoms with E-state index in [1.165, 1.54) is 12.8 Å². The minimum absolute atomic E-state index is 0.313. The van der Waals surface area contributed by atoms with Gasteiger partial charge in [-0.15, -0.1) is 0 Å². The molecule has 0 aromatic heterocycles. The van der Waals surface area contributed by atoms with Crippen LogP contribution in [0.25, 0.3) is 0 Å². The zero-order chi connectivity index (χ0) is 13.1. The molecular weight excluding hydrogens is 248 g/mol. The predicted molar refractivity (Wildman–Crippen MR) is 74.8 cm³/mol. The van der Waals surface area contributed by atoms with E-state index in [2.05, 4.69) is 11.8 Å². The maximum atomic E-state index is 9.89. The second-order valence-electron chi connectivity index (χ2n) is 5.11. The van der Waals surface area contributed by atoms with Crippen molar-refractivity contribution in [2.24, 2.45) is 5.73 Å². The second-order valence-corrected chi connectivity index (χ2v) is 5.55. The number of phenols is 1. The first-order valence-electron chi connectivity index (χ1n) is 6.55. The third-order valence-electron chi connectivity index (χ3n) is 3.86. The lowest BCUT2D eigenvalue weighted by molar-refractivity contribution is 0.0883. The Bertz CT molecular complexity index is 411. The fourth-order valence-electron chi connectivity index (χ4n) is 2.76. The summed E-state index contributed by atoms with van der Waals surface area (Å²) in [6.07, 6.45) is 3.57. The molecule has 0 amide bonds. The predicted octanol–water partition coefficient (Wildman–Crippen LogP) is 2.75. The monoisotopic (exact) mass is 268 g/mol. The van der Waals surface area contributed by atoms with E-state index in [1.807, 2.05) is 6.07 Å². The van der Waals surface area contributed by atoms with Crippen LogP contribution >= 0.6 is 11.6 Å². The van der Waals surface area contributed by atoms with Crippen LogP contribution < -0.4 is 5.73 Å².